The van der Waals surface area contributed by atoms with Gasteiger partial charge in [0.2, 0.25) is 0 Å². The zero-order chi connectivity index (χ0) is 17.0. The summed E-state index contributed by atoms with van der Waals surface area (Å²) in [6, 6.07) is 5.52. The van der Waals surface area contributed by atoms with Crippen molar-refractivity contribution >= 4 is 27.8 Å². The van der Waals surface area contributed by atoms with Gasteiger partial charge in [-0.2, -0.15) is 0 Å². The number of hydrogen-bond acceptors (Lipinski definition) is 5. The van der Waals surface area contributed by atoms with Crippen molar-refractivity contribution in [2.45, 2.75) is 34.6 Å². The van der Waals surface area contributed by atoms with E-state index in [0.717, 1.165) is 35.3 Å². The highest BCUT2D eigenvalue weighted by Gasteiger charge is 2.16. The highest BCUT2D eigenvalue weighted by molar-refractivity contribution is 7.13. The molecule has 0 radical (unpaired) electrons. The Morgan fingerprint density at radius 3 is 2.35 bits per heavy atom. The molecule has 1 aromatic heterocycles. The van der Waals surface area contributed by atoms with E-state index in [1.807, 2.05) is 18.4 Å². The molecule has 0 unspecified atom stereocenters. The van der Waals surface area contributed by atoms with Gasteiger partial charge in [0.15, 0.2) is 5.13 Å². The molecule has 4 nitrogen and oxygen atoms in total. The molecule has 0 fully saturated rings. The fourth-order valence-electron chi connectivity index (χ4n) is 2.58. The van der Waals surface area contributed by atoms with Crippen LogP contribution < -0.4 is 10.2 Å². The summed E-state index contributed by atoms with van der Waals surface area (Å²) in [5.41, 5.74) is 3.01. The first-order valence-corrected chi connectivity index (χ1v) is 9.00. The van der Waals surface area contributed by atoms with Gasteiger partial charge in [0, 0.05) is 24.5 Å². The van der Waals surface area contributed by atoms with Gasteiger partial charge in [0.1, 0.15) is 5.75 Å². The largest absolute Gasteiger partial charge is 0.508 e. The predicted octanol–water partition coefficient (Wildman–Crippen LogP) is 5.02. The third kappa shape index (κ3) is 5.13. The molecule has 0 bridgehead atoms. The third-order valence-corrected chi connectivity index (χ3v) is 4.23. The summed E-state index contributed by atoms with van der Waals surface area (Å²) in [5, 5.41) is 16.1. The summed E-state index contributed by atoms with van der Waals surface area (Å²) < 4.78 is 0. The van der Waals surface area contributed by atoms with Crippen LogP contribution in [-0.4, -0.2) is 23.2 Å². The normalized spacial score (nSPS) is 11.3. The van der Waals surface area contributed by atoms with E-state index in [-0.39, 0.29) is 5.75 Å². The van der Waals surface area contributed by atoms with E-state index >= 15 is 0 Å². The molecule has 0 aliphatic heterocycles. The van der Waals surface area contributed by atoms with E-state index in [1.165, 1.54) is 0 Å². The van der Waals surface area contributed by atoms with Crippen molar-refractivity contribution in [3.63, 3.8) is 0 Å². The Morgan fingerprint density at radius 1 is 1.17 bits per heavy atom. The topological polar surface area (TPSA) is 48.4 Å². The van der Waals surface area contributed by atoms with Crippen molar-refractivity contribution in [3.8, 4) is 5.75 Å². The van der Waals surface area contributed by atoms with Crippen LogP contribution in [0.2, 0.25) is 0 Å². The minimum absolute atomic E-state index is 0.263. The van der Waals surface area contributed by atoms with Gasteiger partial charge in [-0.05, 0) is 30.9 Å². The molecule has 2 N–H and O–H groups in total. The Balaban J connectivity index is 2.34. The Labute approximate surface area is 143 Å². The number of nitrogens with one attached hydrogen (secondary N) is 1. The molecule has 2 rings (SSSR count). The average molecular weight is 334 g/mol. The lowest BCUT2D eigenvalue weighted by Crippen LogP contribution is -2.31. The van der Waals surface area contributed by atoms with E-state index < -0.39 is 0 Å². The van der Waals surface area contributed by atoms with Gasteiger partial charge in [-0.15, -0.1) is 11.3 Å². The lowest BCUT2D eigenvalue weighted by atomic mass is 10.1. The monoisotopic (exact) mass is 333 g/mol. The molecule has 0 aliphatic carbocycles. The molecular formula is C18H27N3OS. The van der Waals surface area contributed by atoms with Crippen molar-refractivity contribution in [2.24, 2.45) is 11.8 Å². The molecular weight excluding hydrogens is 306 g/mol. The summed E-state index contributed by atoms with van der Waals surface area (Å²) in [6.45, 7) is 12.9. The number of benzene rings is 1. The van der Waals surface area contributed by atoms with E-state index in [2.05, 4.69) is 42.9 Å². The molecule has 1 aromatic carbocycles. The molecule has 0 amide bonds. The summed E-state index contributed by atoms with van der Waals surface area (Å²) in [4.78, 5) is 6.85. The molecule has 0 saturated carbocycles. The zero-order valence-electron chi connectivity index (χ0n) is 14.6. The minimum Gasteiger partial charge on any atom is -0.508 e. The fraction of sp³-hybridized carbons (Fsp3) is 0.500. The van der Waals surface area contributed by atoms with Crippen LogP contribution in [0.4, 0.5) is 16.5 Å². The number of anilines is 3. The van der Waals surface area contributed by atoms with Gasteiger partial charge >= 0.3 is 0 Å². The van der Waals surface area contributed by atoms with Crippen LogP contribution in [0.1, 0.15) is 33.4 Å². The number of hydrogen-bond donors (Lipinski definition) is 2. The van der Waals surface area contributed by atoms with Crippen LogP contribution in [0.3, 0.4) is 0 Å². The predicted molar refractivity (Wildman–Crippen MR) is 100 cm³/mol. The van der Waals surface area contributed by atoms with Crippen LogP contribution in [0.5, 0.6) is 5.75 Å². The maximum atomic E-state index is 9.89. The Hall–Kier alpha value is -1.75. The van der Waals surface area contributed by atoms with Gasteiger partial charge in [0.05, 0.1) is 17.1 Å². The number of phenolic OH excluding ortho intramolecular Hbond substituents is 1. The molecule has 126 valence electrons. The van der Waals surface area contributed by atoms with E-state index in [9.17, 15) is 5.11 Å². The van der Waals surface area contributed by atoms with Gasteiger partial charge < -0.3 is 15.3 Å². The molecule has 0 atom stereocenters. The number of phenols is 1. The Kier molecular flexibility index (Phi) is 5.88. The highest BCUT2D eigenvalue weighted by atomic mass is 32.1. The lowest BCUT2D eigenvalue weighted by molar-refractivity contribution is 0.475. The maximum absolute atomic E-state index is 9.89. The zero-order valence-corrected chi connectivity index (χ0v) is 15.4. The van der Waals surface area contributed by atoms with Crippen molar-refractivity contribution in [3.05, 3.63) is 29.3 Å². The van der Waals surface area contributed by atoms with Crippen LogP contribution in [-0.2, 0) is 0 Å². The number of rotatable bonds is 7. The molecule has 0 saturated heterocycles. The van der Waals surface area contributed by atoms with Crippen LogP contribution >= 0.6 is 11.3 Å². The number of thiazole rings is 1. The first-order chi connectivity index (χ1) is 10.8. The Morgan fingerprint density at radius 2 is 1.83 bits per heavy atom. The second kappa shape index (κ2) is 7.68. The summed E-state index contributed by atoms with van der Waals surface area (Å²) >= 11 is 1.58. The SMILES string of the molecule is Cc1csc(Nc2cc(O)ccc2N(CC(C)C)CC(C)C)n1. The highest BCUT2D eigenvalue weighted by Crippen LogP contribution is 2.34. The van der Waals surface area contributed by atoms with Crippen molar-refractivity contribution in [1.82, 2.24) is 4.98 Å². The van der Waals surface area contributed by atoms with Gasteiger partial charge in [-0.25, -0.2) is 4.98 Å². The summed E-state index contributed by atoms with van der Waals surface area (Å²) in [7, 11) is 0. The van der Waals surface area contributed by atoms with Gasteiger partial charge in [0.25, 0.3) is 0 Å². The van der Waals surface area contributed by atoms with Crippen LogP contribution in [0, 0.1) is 18.8 Å². The molecule has 23 heavy (non-hydrogen) atoms. The van der Waals surface area contributed by atoms with E-state index in [4.69, 9.17) is 0 Å². The quantitative estimate of drug-likeness (QED) is 0.747. The second-order valence-electron chi connectivity index (χ2n) is 6.81. The number of aromatic nitrogens is 1. The molecule has 0 aliphatic rings. The maximum Gasteiger partial charge on any atom is 0.187 e. The first-order valence-electron chi connectivity index (χ1n) is 8.12. The minimum atomic E-state index is 0.263. The van der Waals surface area contributed by atoms with Crippen molar-refractivity contribution < 1.29 is 5.11 Å². The number of nitrogens with zero attached hydrogens (tertiary/aromatic N) is 2. The summed E-state index contributed by atoms with van der Waals surface area (Å²) in [5.74, 6) is 1.40. The molecule has 0 spiro atoms. The van der Waals surface area contributed by atoms with Crippen molar-refractivity contribution in [2.75, 3.05) is 23.3 Å². The average Bonchev–Trinajstić information content (AvgIpc) is 2.82. The van der Waals surface area contributed by atoms with Crippen molar-refractivity contribution in [1.29, 1.82) is 0 Å². The van der Waals surface area contributed by atoms with E-state index in [1.54, 1.807) is 23.5 Å². The first kappa shape index (κ1) is 17.6. The van der Waals surface area contributed by atoms with Crippen LogP contribution in [0.25, 0.3) is 0 Å². The third-order valence-electron chi connectivity index (χ3n) is 3.35. The number of aryl methyl sites for hydroxylation is 1. The molecule has 5 heteroatoms. The van der Waals surface area contributed by atoms with Crippen LogP contribution in [0.15, 0.2) is 23.6 Å². The fourth-order valence-corrected chi connectivity index (χ4v) is 3.28. The van der Waals surface area contributed by atoms with Gasteiger partial charge in [-0.1, -0.05) is 27.7 Å². The molecule has 1 heterocycles. The second-order valence-corrected chi connectivity index (χ2v) is 7.67. The number of aromatic hydroxyl groups is 1. The standard InChI is InChI=1S/C18H27N3OS/c1-12(2)9-21(10-13(3)4)17-7-6-15(22)8-16(17)20-18-19-14(5)11-23-18/h6-8,11-13,22H,9-10H2,1-5H3,(H,19,20). The lowest BCUT2D eigenvalue weighted by Gasteiger charge is -2.30. The molecule has 2 aromatic rings. The van der Waals surface area contributed by atoms with E-state index in [0.29, 0.717) is 11.8 Å². The summed E-state index contributed by atoms with van der Waals surface area (Å²) in [6.07, 6.45) is 0. The smallest absolute Gasteiger partial charge is 0.187 e. The Bertz CT molecular complexity index is 627. The van der Waals surface area contributed by atoms with Gasteiger partial charge in [-0.3, -0.25) is 0 Å².